The van der Waals surface area contributed by atoms with Crippen molar-refractivity contribution in [2.24, 2.45) is 0 Å². The van der Waals surface area contributed by atoms with Gasteiger partial charge in [-0.2, -0.15) is 0 Å². The Bertz CT molecular complexity index is 802. The maximum Gasteiger partial charge on any atom is 0.231 e. The third kappa shape index (κ3) is 2.04. The van der Waals surface area contributed by atoms with E-state index in [1.165, 1.54) is 22.3 Å². The molecule has 0 spiro atoms. The number of ether oxygens (including phenoxy) is 4. The fourth-order valence-corrected chi connectivity index (χ4v) is 3.57. The molecule has 3 aliphatic rings. The van der Waals surface area contributed by atoms with Crippen molar-refractivity contribution in [1.29, 1.82) is 0 Å². The zero-order valence-electron chi connectivity index (χ0n) is 12.9. The monoisotopic (exact) mass is 311 g/mol. The second kappa shape index (κ2) is 4.80. The lowest BCUT2D eigenvalue weighted by Crippen LogP contribution is -2.21. The summed E-state index contributed by atoms with van der Waals surface area (Å²) in [5, 5.41) is 0. The lowest BCUT2D eigenvalue weighted by Gasteiger charge is -2.25. The van der Waals surface area contributed by atoms with Crippen molar-refractivity contribution in [1.82, 2.24) is 4.90 Å². The number of hydrogen-bond donors (Lipinski definition) is 0. The van der Waals surface area contributed by atoms with Crippen LogP contribution in [-0.4, -0.2) is 25.5 Å². The highest BCUT2D eigenvalue weighted by Crippen LogP contribution is 2.42. The quantitative estimate of drug-likeness (QED) is 0.748. The predicted octanol–water partition coefficient (Wildman–Crippen LogP) is 2.68. The van der Waals surface area contributed by atoms with Crippen LogP contribution in [0.15, 0.2) is 24.3 Å². The molecule has 2 aromatic rings. The Morgan fingerprint density at radius 1 is 0.783 bits per heavy atom. The minimum atomic E-state index is 0.309. The number of hydrogen-bond acceptors (Lipinski definition) is 5. The Balaban J connectivity index is 1.65. The smallest absolute Gasteiger partial charge is 0.231 e. The molecule has 0 N–H and O–H groups in total. The largest absolute Gasteiger partial charge is 0.454 e. The summed E-state index contributed by atoms with van der Waals surface area (Å²) in [5.74, 6) is 3.44. The third-order valence-electron chi connectivity index (χ3n) is 4.68. The molecular weight excluding hydrogens is 294 g/mol. The zero-order chi connectivity index (χ0) is 15.4. The molecule has 0 amide bonds. The maximum absolute atomic E-state index is 5.71. The van der Waals surface area contributed by atoms with Gasteiger partial charge in [-0.15, -0.1) is 0 Å². The van der Waals surface area contributed by atoms with Gasteiger partial charge in [-0.1, -0.05) is 6.07 Å². The third-order valence-corrected chi connectivity index (χ3v) is 4.68. The highest BCUT2D eigenvalue weighted by atomic mass is 16.7. The lowest BCUT2D eigenvalue weighted by molar-refractivity contribution is 0.172. The van der Waals surface area contributed by atoms with Crippen molar-refractivity contribution in [3.05, 3.63) is 46.5 Å². The van der Waals surface area contributed by atoms with Gasteiger partial charge in [0, 0.05) is 18.7 Å². The molecule has 3 aliphatic heterocycles. The molecule has 0 saturated carbocycles. The Morgan fingerprint density at radius 2 is 1.52 bits per heavy atom. The Kier molecular flexibility index (Phi) is 2.73. The molecule has 5 heteroatoms. The van der Waals surface area contributed by atoms with Gasteiger partial charge >= 0.3 is 0 Å². The molecule has 0 fully saturated rings. The summed E-state index contributed by atoms with van der Waals surface area (Å²) in [5.41, 5.74) is 5.08. The van der Waals surface area contributed by atoms with E-state index in [-0.39, 0.29) is 0 Å². The van der Waals surface area contributed by atoms with Crippen molar-refractivity contribution in [3.8, 4) is 23.0 Å². The lowest BCUT2D eigenvalue weighted by atomic mass is 9.92. The van der Waals surface area contributed by atoms with E-state index in [0.717, 1.165) is 42.5 Å². The molecule has 2 aromatic carbocycles. The van der Waals surface area contributed by atoms with Gasteiger partial charge in [0.15, 0.2) is 23.0 Å². The number of fused-ring (bicyclic) bond motifs is 5. The van der Waals surface area contributed by atoms with Gasteiger partial charge in [-0.3, -0.25) is 4.90 Å². The van der Waals surface area contributed by atoms with E-state index in [0.29, 0.717) is 13.6 Å². The van der Waals surface area contributed by atoms with Crippen LogP contribution in [0, 0.1) is 0 Å². The van der Waals surface area contributed by atoms with Crippen LogP contribution in [0.3, 0.4) is 0 Å². The van der Waals surface area contributed by atoms with Crippen molar-refractivity contribution >= 4 is 0 Å². The van der Waals surface area contributed by atoms with Gasteiger partial charge in [0.25, 0.3) is 0 Å². The first-order chi connectivity index (χ1) is 11.3. The fourth-order valence-electron chi connectivity index (χ4n) is 3.57. The molecule has 0 radical (unpaired) electrons. The SMILES string of the molecule is CN1Cc2cc3c(cc2Cc2ccc4c(c2C1)OCO4)OCO3. The van der Waals surface area contributed by atoms with E-state index in [4.69, 9.17) is 18.9 Å². The average Bonchev–Trinajstić information content (AvgIpc) is 3.16. The van der Waals surface area contributed by atoms with Gasteiger partial charge in [0.05, 0.1) is 0 Å². The van der Waals surface area contributed by atoms with Gasteiger partial charge < -0.3 is 18.9 Å². The second-order valence-electron chi connectivity index (χ2n) is 6.26. The minimum Gasteiger partial charge on any atom is -0.454 e. The first-order valence-electron chi connectivity index (χ1n) is 7.78. The van der Waals surface area contributed by atoms with Crippen molar-refractivity contribution in [3.63, 3.8) is 0 Å². The van der Waals surface area contributed by atoms with Crippen molar-refractivity contribution < 1.29 is 18.9 Å². The molecule has 5 rings (SSSR count). The summed E-state index contributed by atoms with van der Waals surface area (Å²) in [6.07, 6.45) is 0.867. The van der Waals surface area contributed by atoms with Crippen LogP contribution in [0.2, 0.25) is 0 Å². The zero-order valence-corrected chi connectivity index (χ0v) is 12.9. The molecule has 0 saturated heterocycles. The molecular formula is C18H17NO4. The summed E-state index contributed by atoms with van der Waals surface area (Å²) < 4.78 is 22.3. The van der Waals surface area contributed by atoms with E-state index >= 15 is 0 Å². The fraction of sp³-hybridized carbons (Fsp3) is 0.333. The molecule has 0 unspecified atom stereocenters. The van der Waals surface area contributed by atoms with Gasteiger partial charge in [-0.05, 0) is 48.4 Å². The Hall–Kier alpha value is -2.40. The molecule has 118 valence electrons. The van der Waals surface area contributed by atoms with E-state index in [1.807, 2.05) is 6.07 Å². The molecule has 0 bridgehead atoms. The molecule has 0 atom stereocenters. The first kappa shape index (κ1) is 13.1. The topological polar surface area (TPSA) is 40.2 Å². The van der Waals surface area contributed by atoms with Crippen LogP contribution in [0.25, 0.3) is 0 Å². The van der Waals surface area contributed by atoms with E-state index in [2.05, 4.69) is 30.1 Å². The normalized spacial score (nSPS) is 18.1. The summed E-state index contributed by atoms with van der Waals surface area (Å²) in [7, 11) is 2.12. The van der Waals surface area contributed by atoms with E-state index in [9.17, 15) is 0 Å². The summed E-state index contributed by atoms with van der Waals surface area (Å²) in [6, 6.07) is 8.39. The highest BCUT2D eigenvalue weighted by Gasteiger charge is 2.26. The highest BCUT2D eigenvalue weighted by molar-refractivity contribution is 5.56. The second-order valence-corrected chi connectivity index (χ2v) is 6.26. The van der Waals surface area contributed by atoms with Crippen molar-refractivity contribution in [2.75, 3.05) is 20.6 Å². The predicted molar refractivity (Wildman–Crippen MR) is 83.1 cm³/mol. The standard InChI is InChI=1S/C18H17NO4/c1-19-7-13-6-17-16(21-9-22-17)5-12(13)4-11-2-3-15-18(14(11)8-19)23-10-20-15/h2-3,5-6H,4,7-10H2,1H3. The molecule has 5 nitrogen and oxygen atoms in total. The van der Waals surface area contributed by atoms with Crippen LogP contribution in [-0.2, 0) is 19.5 Å². The van der Waals surface area contributed by atoms with Gasteiger partial charge in [0.2, 0.25) is 13.6 Å². The maximum atomic E-state index is 5.71. The average molecular weight is 311 g/mol. The van der Waals surface area contributed by atoms with E-state index in [1.54, 1.807) is 0 Å². The Morgan fingerprint density at radius 3 is 2.39 bits per heavy atom. The number of benzene rings is 2. The van der Waals surface area contributed by atoms with Crippen LogP contribution >= 0.6 is 0 Å². The Labute approximate surface area is 134 Å². The van der Waals surface area contributed by atoms with Crippen molar-refractivity contribution in [2.45, 2.75) is 19.5 Å². The molecule has 0 aliphatic carbocycles. The summed E-state index contributed by atoms with van der Waals surface area (Å²) in [6.45, 7) is 2.33. The van der Waals surface area contributed by atoms with Crippen LogP contribution in [0.5, 0.6) is 23.0 Å². The molecule has 3 heterocycles. The summed E-state index contributed by atoms with van der Waals surface area (Å²) in [4.78, 5) is 2.29. The minimum absolute atomic E-state index is 0.309. The van der Waals surface area contributed by atoms with Gasteiger partial charge in [-0.25, -0.2) is 0 Å². The summed E-state index contributed by atoms with van der Waals surface area (Å²) >= 11 is 0. The molecule has 23 heavy (non-hydrogen) atoms. The number of rotatable bonds is 0. The van der Waals surface area contributed by atoms with Crippen LogP contribution < -0.4 is 18.9 Å². The van der Waals surface area contributed by atoms with Gasteiger partial charge in [0.1, 0.15) is 0 Å². The molecule has 0 aromatic heterocycles. The first-order valence-corrected chi connectivity index (χ1v) is 7.78. The van der Waals surface area contributed by atoms with Crippen LogP contribution in [0.4, 0.5) is 0 Å². The van der Waals surface area contributed by atoms with Crippen LogP contribution in [0.1, 0.15) is 22.3 Å². The number of nitrogens with zero attached hydrogens (tertiary/aromatic N) is 1. The van der Waals surface area contributed by atoms with E-state index < -0.39 is 0 Å².